The van der Waals surface area contributed by atoms with E-state index in [1.807, 2.05) is 12.1 Å². The molecule has 1 unspecified atom stereocenters. The summed E-state index contributed by atoms with van der Waals surface area (Å²) in [6.45, 7) is 3.24. The van der Waals surface area contributed by atoms with E-state index in [2.05, 4.69) is 36.5 Å². The van der Waals surface area contributed by atoms with Crippen LogP contribution in [0.4, 0.5) is 5.69 Å². The molecule has 78 valence electrons. The Kier molecular flexibility index (Phi) is 1.87. The van der Waals surface area contributed by atoms with Gasteiger partial charge in [-0.15, -0.1) is 0 Å². The van der Waals surface area contributed by atoms with E-state index in [4.69, 9.17) is 5.26 Å². The van der Waals surface area contributed by atoms with Crippen molar-refractivity contribution in [1.29, 1.82) is 5.26 Å². The predicted molar refractivity (Wildman–Crippen MR) is 65.6 cm³/mol. The van der Waals surface area contributed by atoms with Gasteiger partial charge >= 0.3 is 0 Å². The highest BCUT2D eigenvalue weighted by molar-refractivity contribution is 5.92. The number of benzene rings is 2. The third kappa shape index (κ3) is 1.18. The lowest BCUT2D eigenvalue weighted by Crippen LogP contribution is -1.96. The maximum Gasteiger partial charge on any atom is 0.0991 e. The smallest absolute Gasteiger partial charge is 0.0991 e. The minimum atomic E-state index is 0.548. The lowest BCUT2D eigenvalue weighted by molar-refractivity contribution is 0.860. The molecule has 1 heterocycles. The topological polar surface area (TPSA) is 35.8 Å². The van der Waals surface area contributed by atoms with Crippen LogP contribution in [-0.4, -0.2) is 6.54 Å². The third-order valence-corrected chi connectivity index (χ3v) is 3.28. The highest BCUT2D eigenvalue weighted by atomic mass is 14.9. The summed E-state index contributed by atoms with van der Waals surface area (Å²) in [5.74, 6) is 0.548. The molecule has 0 aromatic heterocycles. The largest absolute Gasteiger partial charge is 0.384 e. The summed E-state index contributed by atoms with van der Waals surface area (Å²) < 4.78 is 0. The van der Waals surface area contributed by atoms with Crippen LogP contribution in [0.5, 0.6) is 0 Å². The van der Waals surface area contributed by atoms with E-state index in [0.717, 1.165) is 17.5 Å². The summed E-state index contributed by atoms with van der Waals surface area (Å²) in [5, 5.41) is 14.7. The van der Waals surface area contributed by atoms with Crippen molar-refractivity contribution in [2.75, 3.05) is 11.9 Å². The van der Waals surface area contributed by atoms with Gasteiger partial charge in [-0.2, -0.15) is 5.26 Å². The normalized spacial score (nSPS) is 17.9. The molecule has 2 nitrogen and oxygen atoms in total. The van der Waals surface area contributed by atoms with E-state index in [0.29, 0.717) is 5.92 Å². The highest BCUT2D eigenvalue weighted by Gasteiger charge is 2.20. The Morgan fingerprint density at radius 1 is 1.31 bits per heavy atom. The van der Waals surface area contributed by atoms with Gasteiger partial charge in [-0.05, 0) is 34.5 Å². The van der Waals surface area contributed by atoms with Crippen LogP contribution >= 0.6 is 0 Å². The summed E-state index contributed by atoms with van der Waals surface area (Å²) in [7, 11) is 0. The van der Waals surface area contributed by atoms with Crippen molar-refractivity contribution in [2.45, 2.75) is 12.8 Å². The molecule has 3 rings (SSSR count). The van der Waals surface area contributed by atoms with Gasteiger partial charge in [0.25, 0.3) is 0 Å². The average molecular weight is 208 g/mol. The molecule has 0 spiro atoms. The molecule has 16 heavy (non-hydrogen) atoms. The maximum absolute atomic E-state index is 8.88. The lowest BCUT2D eigenvalue weighted by atomic mass is 9.95. The van der Waals surface area contributed by atoms with E-state index in [1.54, 1.807) is 0 Å². The van der Waals surface area contributed by atoms with Gasteiger partial charge in [0.2, 0.25) is 0 Å². The van der Waals surface area contributed by atoms with Gasteiger partial charge in [-0.3, -0.25) is 0 Å². The first-order valence-corrected chi connectivity index (χ1v) is 5.50. The summed E-state index contributed by atoms with van der Waals surface area (Å²) >= 11 is 0. The van der Waals surface area contributed by atoms with Crippen molar-refractivity contribution in [1.82, 2.24) is 0 Å². The number of nitrogens with zero attached hydrogens (tertiary/aromatic N) is 1. The number of fused-ring (bicyclic) bond motifs is 3. The zero-order valence-corrected chi connectivity index (χ0v) is 9.12. The van der Waals surface area contributed by atoms with Crippen LogP contribution in [-0.2, 0) is 0 Å². The van der Waals surface area contributed by atoms with Crippen molar-refractivity contribution >= 4 is 16.5 Å². The molecule has 2 aromatic rings. The minimum Gasteiger partial charge on any atom is -0.384 e. The first-order valence-electron chi connectivity index (χ1n) is 5.50. The fraction of sp³-hybridized carbons (Fsp3) is 0.214. The molecule has 1 atom stereocenters. The van der Waals surface area contributed by atoms with Crippen molar-refractivity contribution in [2.24, 2.45) is 0 Å². The van der Waals surface area contributed by atoms with Gasteiger partial charge in [0.05, 0.1) is 11.6 Å². The zero-order valence-electron chi connectivity index (χ0n) is 9.12. The second kappa shape index (κ2) is 3.24. The molecule has 0 amide bonds. The Morgan fingerprint density at radius 2 is 2.19 bits per heavy atom. The Hall–Kier alpha value is -2.01. The van der Waals surface area contributed by atoms with Crippen LogP contribution in [0.3, 0.4) is 0 Å². The fourth-order valence-electron chi connectivity index (χ4n) is 2.47. The van der Waals surface area contributed by atoms with Crippen molar-refractivity contribution in [3.05, 3.63) is 41.5 Å². The molecule has 0 fully saturated rings. The number of nitrogens with one attached hydrogen (secondary N) is 1. The van der Waals surface area contributed by atoms with Gasteiger partial charge in [0.15, 0.2) is 0 Å². The monoisotopic (exact) mass is 208 g/mol. The van der Waals surface area contributed by atoms with E-state index in [1.165, 1.54) is 16.6 Å². The van der Waals surface area contributed by atoms with Gasteiger partial charge in [-0.25, -0.2) is 0 Å². The second-order valence-electron chi connectivity index (χ2n) is 4.36. The summed E-state index contributed by atoms with van der Waals surface area (Å²) in [6.07, 6.45) is 0. The molecule has 0 radical (unpaired) electrons. The number of hydrogen-bond donors (Lipinski definition) is 1. The van der Waals surface area contributed by atoms with Crippen LogP contribution in [0, 0.1) is 11.3 Å². The number of hydrogen-bond acceptors (Lipinski definition) is 2. The van der Waals surface area contributed by atoms with E-state index >= 15 is 0 Å². The molecule has 1 aliphatic rings. The molecule has 2 aromatic carbocycles. The first kappa shape index (κ1) is 9.23. The Balaban J connectivity index is 2.34. The van der Waals surface area contributed by atoms with Crippen LogP contribution in [0.15, 0.2) is 30.3 Å². The molecule has 1 aliphatic heterocycles. The molecule has 0 saturated carbocycles. The minimum absolute atomic E-state index is 0.548. The molecule has 0 bridgehead atoms. The summed E-state index contributed by atoms with van der Waals surface area (Å²) in [4.78, 5) is 0. The zero-order chi connectivity index (χ0) is 11.1. The van der Waals surface area contributed by atoms with Gasteiger partial charge in [0, 0.05) is 18.2 Å². The van der Waals surface area contributed by atoms with Gasteiger partial charge in [-0.1, -0.05) is 19.1 Å². The van der Waals surface area contributed by atoms with Gasteiger partial charge < -0.3 is 5.32 Å². The number of anilines is 1. The van der Waals surface area contributed by atoms with Crippen LogP contribution in [0.25, 0.3) is 10.8 Å². The van der Waals surface area contributed by atoms with E-state index in [9.17, 15) is 0 Å². The summed E-state index contributed by atoms with van der Waals surface area (Å²) in [6, 6.07) is 12.3. The molecule has 2 heteroatoms. The number of rotatable bonds is 0. The lowest BCUT2D eigenvalue weighted by Gasteiger charge is -2.08. The molecule has 0 saturated heterocycles. The Bertz CT molecular complexity index is 608. The van der Waals surface area contributed by atoms with Crippen LogP contribution in [0.2, 0.25) is 0 Å². The maximum atomic E-state index is 8.88. The molecule has 0 aliphatic carbocycles. The fourth-order valence-corrected chi connectivity index (χ4v) is 2.47. The van der Waals surface area contributed by atoms with E-state index < -0.39 is 0 Å². The number of nitriles is 1. The average Bonchev–Trinajstić information content (AvgIpc) is 2.70. The van der Waals surface area contributed by atoms with Gasteiger partial charge in [0.1, 0.15) is 0 Å². The van der Waals surface area contributed by atoms with Crippen molar-refractivity contribution in [3.8, 4) is 6.07 Å². The quantitative estimate of drug-likeness (QED) is 0.721. The van der Waals surface area contributed by atoms with Crippen LogP contribution < -0.4 is 5.32 Å². The third-order valence-electron chi connectivity index (χ3n) is 3.28. The highest BCUT2D eigenvalue weighted by Crippen LogP contribution is 2.37. The predicted octanol–water partition coefficient (Wildman–Crippen LogP) is 3.24. The Morgan fingerprint density at radius 3 is 3.00 bits per heavy atom. The molecular formula is C14H12N2. The van der Waals surface area contributed by atoms with Crippen molar-refractivity contribution in [3.63, 3.8) is 0 Å². The van der Waals surface area contributed by atoms with Crippen molar-refractivity contribution < 1.29 is 0 Å². The standard InChI is InChI=1S/C14H12N2/c1-9-8-16-13-5-3-11-6-10(7-15)2-4-12(11)14(9)13/h2-6,9,16H,8H2,1H3. The Labute approximate surface area is 94.5 Å². The molecule has 1 N–H and O–H groups in total. The first-order chi connectivity index (χ1) is 7.79. The SMILES string of the molecule is CC1CNc2ccc3cc(C#N)ccc3c21. The second-order valence-corrected chi connectivity index (χ2v) is 4.36. The van der Waals surface area contributed by atoms with E-state index in [-0.39, 0.29) is 0 Å². The molecular weight excluding hydrogens is 196 g/mol. The summed E-state index contributed by atoms with van der Waals surface area (Å²) in [5.41, 5.74) is 3.36. The van der Waals surface area contributed by atoms with Crippen LogP contribution in [0.1, 0.15) is 24.0 Å².